The van der Waals surface area contributed by atoms with Crippen molar-refractivity contribution in [2.24, 2.45) is 10.8 Å². The lowest BCUT2D eigenvalue weighted by Crippen LogP contribution is -2.58. The van der Waals surface area contributed by atoms with Crippen LogP contribution >= 0.6 is 0 Å². The number of rotatable bonds is 5. The highest BCUT2D eigenvalue weighted by atomic mass is 19.1. The third-order valence-electron chi connectivity index (χ3n) is 6.45. The molecular formula is C25H25F2N7O3. The van der Waals surface area contributed by atoms with Gasteiger partial charge in [0.05, 0.1) is 42.3 Å². The van der Waals surface area contributed by atoms with Crippen LogP contribution in [-0.2, 0) is 0 Å². The predicted molar refractivity (Wildman–Crippen MR) is 130 cm³/mol. The number of amides is 3. The number of pyridine rings is 1. The lowest BCUT2D eigenvalue weighted by Gasteiger charge is -2.41. The van der Waals surface area contributed by atoms with E-state index in [1.54, 1.807) is 27.0 Å². The molecule has 3 aromatic rings. The molecule has 1 fully saturated rings. The molecule has 5 rings (SSSR count). The molecule has 2 aliphatic rings. The molecule has 0 spiro atoms. The van der Waals surface area contributed by atoms with Gasteiger partial charge in [-0.25, -0.2) is 28.3 Å². The van der Waals surface area contributed by atoms with E-state index in [-0.39, 0.29) is 42.1 Å². The molecule has 0 saturated carbocycles. The molecule has 37 heavy (non-hydrogen) atoms. The largest absolute Gasteiger partial charge is 0.483 e. The molecule has 4 heterocycles. The highest BCUT2D eigenvalue weighted by Gasteiger charge is 2.39. The van der Waals surface area contributed by atoms with Gasteiger partial charge in [0.25, 0.3) is 5.91 Å². The SMILES string of the molecule is Cc1cc(F)cc([C@@H]2CC=NN2C(=O)N2CC(Oc3cc(-n4nc(C)c(C(N)=O)c4C)ncc3F)C2)c1. The lowest BCUT2D eigenvalue weighted by atomic mass is 10.0. The Labute approximate surface area is 211 Å². The smallest absolute Gasteiger partial charge is 0.341 e. The molecule has 10 nitrogen and oxygen atoms in total. The number of halogens is 2. The molecule has 0 bridgehead atoms. The third kappa shape index (κ3) is 4.50. The van der Waals surface area contributed by atoms with Gasteiger partial charge < -0.3 is 15.4 Å². The Morgan fingerprint density at radius 2 is 1.86 bits per heavy atom. The second-order valence-electron chi connectivity index (χ2n) is 9.18. The standard InChI is InChI=1S/C25H25F2N7O3/c1-13-6-16(8-17(26)7-13)20-4-5-30-34(20)25(36)32-11-18(12-32)37-21-9-22(29-10-19(21)27)33-15(3)23(24(28)35)14(2)31-33/h5-10,18,20H,4,11-12H2,1-3H3,(H2,28,35)/t20-/m0/s1. The van der Waals surface area contributed by atoms with Gasteiger partial charge >= 0.3 is 6.03 Å². The van der Waals surface area contributed by atoms with Gasteiger partial charge in [0.2, 0.25) is 0 Å². The first-order chi connectivity index (χ1) is 17.6. The number of aromatic nitrogens is 3. The van der Waals surface area contributed by atoms with E-state index in [0.29, 0.717) is 23.4 Å². The molecule has 1 aromatic carbocycles. The number of likely N-dealkylation sites (tertiary alicyclic amines) is 1. The topological polar surface area (TPSA) is 119 Å². The number of primary amides is 1. The Morgan fingerprint density at radius 1 is 1.11 bits per heavy atom. The molecular weight excluding hydrogens is 484 g/mol. The quantitative estimate of drug-likeness (QED) is 0.567. The van der Waals surface area contributed by atoms with E-state index in [4.69, 9.17) is 10.5 Å². The molecule has 2 aromatic heterocycles. The fourth-order valence-electron chi connectivity index (χ4n) is 4.66. The first-order valence-electron chi connectivity index (χ1n) is 11.7. The number of carbonyl (C=O) groups excluding carboxylic acids is 2. The number of nitrogens with two attached hydrogens (primary N) is 1. The molecule has 192 valence electrons. The summed E-state index contributed by atoms with van der Waals surface area (Å²) in [5.41, 5.74) is 8.05. The summed E-state index contributed by atoms with van der Waals surface area (Å²) in [4.78, 5) is 30.4. The Hall–Kier alpha value is -4.35. The molecule has 2 aliphatic heterocycles. The number of aryl methyl sites for hydroxylation is 2. The first-order valence-corrected chi connectivity index (χ1v) is 11.7. The summed E-state index contributed by atoms with van der Waals surface area (Å²) in [6, 6.07) is 5.33. The fraction of sp³-hybridized carbons (Fsp3) is 0.320. The molecule has 12 heteroatoms. The van der Waals surface area contributed by atoms with Crippen LogP contribution in [0.4, 0.5) is 13.6 Å². The zero-order valence-electron chi connectivity index (χ0n) is 20.5. The Balaban J connectivity index is 1.26. The lowest BCUT2D eigenvalue weighted by molar-refractivity contribution is 0.0256. The predicted octanol–water partition coefficient (Wildman–Crippen LogP) is 3.19. The number of hydrazone groups is 1. The molecule has 0 aliphatic carbocycles. The van der Waals surface area contributed by atoms with Crippen LogP contribution in [0.1, 0.15) is 45.3 Å². The van der Waals surface area contributed by atoms with Gasteiger partial charge in [-0.1, -0.05) is 6.07 Å². The van der Waals surface area contributed by atoms with Crippen LogP contribution in [0.15, 0.2) is 35.6 Å². The molecule has 3 amide bonds. The van der Waals surface area contributed by atoms with Crippen molar-refractivity contribution in [1.29, 1.82) is 0 Å². The van der Waals surface area contributed by atoms with Crippen molar-refractivity contribution in [2.75, 3.05) is 13.1 Å². The second-order valence-corrected chi connectivity index (χ2v) is 9.18. The van der Waals surface area contributed by atoms with E-state index in [9.17, 15) is 18.4 Å². The van der Waals surface area contributed by atoms with Gasteiger partial charge in [-0.15, -0.1) is 0 Å². The van der Waals surface area contributed by atoms with Crippen molar-refractivity contribution < 1.29 is 23.1 Å². The minimum Gasteiger partial charge on any atom is -0.483 e. The minimum absolute atomic E-state index is 0.0532. The van der Waals surface area contributed by atoms with Crippen molar-refractivity contribution in [2.45, 2.75) is 39.3 Å². The molecule has 1 atom stereocenters. The van der Waals surface area contributed by atoms with Gasteiger partial charge in [0, 0.05) is 18.7 Å². The van der Waals surface area contributed by atoms with Crippen molar-refractivity contribution in [3.8, 4) is 11.6 Å². The maximum atomic E-state index is 14.5. The Bertz CT molecular complexity index is 1410. The number of ether oxygens (including phenoxy) is 1. The maximum Gasteiger partial charge on any atom is 0.341 e. The van der Waals surface area contributed by atoms with E-state index in [2.05, 4.69) is 15.2 Å². The number of benzene rings is 1. The summed E-state index contributed by atoms with van der Waals surface area (Å²) >= 11 is 0. The van der Waals surface area contributed by atoms with Crippen LogP contribution < -0.4 is 10.5 Å². The zero-order chi connectivity index (χ0) is 26.4. The number of hydrogen-bond donors (Lipinski definition) is 1. The molecule has 0 radical (unpaired) electrons. The van der Waals surface area contributed by atoms with Crippen LogP contribution in [0.2, 0.25) is 0 Å². The number of nitrogens with zero attached hydrogens (tertiary/aromatic N) is 6. The average molecular weight is 510 g/mol. The summed E-state index contributed by atoms with van der Waals surface area (Å²) in [5, 5.41) is 9.83. The van der Waals surface area contributed by atoms with E-state index in [0.717, 1.165) is 11.8 Å². The van der Waals surface area contributed by atoms with Crippen LogP contribution in [0.25, 0.3) is 5.82 Å². The first kappa shape index (κ1) is 24.3. The second kappa shape index (κ2) is 9.26. The number of carbonyl (C=O) groups is 2. The summed E-state index contributed by atoms with van der Waals surface area (Å²) < 4.78 is 35.6. The van der Waals surface area contributed by atoms with E-state index in [1.807, 2.05) is 6.07 Å². The van der Waals surface area contributed by atoms with Crippen molar-refractivity contribution >= 4 is 18.2 Å². The van der Waals surface area contributed by atoms with Crippen LogP contribution in [-0.4, -0.2) is 62.0 Å². The van der Waals surface area contributed by atoms with Gasteiger partial charge in [-0.2, -0.15) is 10.2 Å². The minimum atomic E-state index is -0.670. The van der Waals surface area contributed by atoms with Gasteiger partial charge in [-0.05, 0) is 44.0 Å². The molecule has 0 unspecified atom stereocenters. The summed E-state index contributed by atoms with van der Waals surface area (Å²) in [6.07, 6.45) is 2.68. The van der Waals surface area contributed by atoms with E-state index < -0.39 is 23.9 Å². The average Bonchev–Trinajstić information content (AvgIpc) is 3.40. The monoisotopic (exact) mass is 509 g/mol. The Kier molecular flexibility index (Phi) is 6.10. The van der Waals surface area contributed by atoms with E-state index in [1.165, 1.54) is 32.8 Å². The molecule has 1 saturated heterocycles. The maximum absolute atomic E-state index is 14.5. The van der Waals surface area contributed by atoms with Crippen molar-refractivity contribution in [1.82, 2.24) is 24.7 Å². The summed E-state index contributed by atoms with van der Waals surface area (Å²) in [6.45, 7) is 5.56. The normalized spacial score (nSPS) is 17.3. The van der Waals surface area contributed by atoms with E-state index >= 15 is 0 Å². The van der Waals surface area contributed by atoms with Gasteiger partial charge in [-0.3, -0.25) is 4.79 Å². The van der Waals surface area contributed by atoms with Crippen LogP contribution in [0.5, 0.6) is 5.75 Å². The number of hydrogen-bond acceptors (Lipinski definition) is 6. The summed E-state index contributed by atoms with van der Waals surface area (Å²) in [7, 11) is 0. The van der Waals surface area contributed by atoms with Crippen LogP contribution in [0, 0.1) is 32.4 Å². The van der Waals surface area contributed by atoms with Crippen LogP contribution in [0.3, 0.4) is 0 Å². The Morgan fingerprint density at radius 3 is 2.54 bits per heavy atom. The summed E-state index contributed by atoms with van der Waals surface area (Å²) in [5.74, 6) is -1.44. The van der Waals surface area contributed by atoms with Gasteiger partial charge in [0.1, 0.15) is 11.9 Å². The highest BCUT2D eigenvalue weighted by Crippen LogP contribution is 2.32. The van der Waals surface area contributed by atoms with Crippen molar-refractivity contribution in [3.05, 3.63) is 70.2 Å². The third-order valence-corrected chi connectivity index (χ3v) is 6.45. The molecule has 2 N–H and O–H groups in total. The van der Waals surface area contributed by atoms with Crippen molar-refractivity contribution in [3.63, 3.8) is 0 Å². The fourth-order valence-corrected chi connectivity index (χ4v) is 4.66. The van der Waals surface area contributed by atoms with Gasteiger partial charge in [0.15, 0.2) is 17.4 Å². The zero-order valence-corrected chi connectivity index (χ0v) is 20.5. The highest BCUT2D eigenvalue weighted by molar-refractivity contribution is 5.95. The number of urea groups is 1.